The predicted molar refractivity (Wildman–Crippen MR) is 83.4 cm³/mol. The molecule has 104 valence electrons. The van der Waals surface area contributed by atoms with Crippen LogP contribution in [0.25, 0.3) is 11.0 Å². The molecular weight excluding hydrogens is 290 g/mol. The van der Waals surface area contributed by atoms with Gasteiger partial charge in [-0.2, -0.15) is 4.37 Å². The molecule has 3 rings (SSSR count). The molecule has 3 aromatic rings. The van der Waals surface area contributed by atoms with E-state index in [1.165, 1.54) is 11.5 Å². The third kappa shape index (κ3) is 2.87. The summed E-state index contributed by atoms with van der Waals surface area (Å²) in [5, 5.41) is 4.44. The van der Waals surface area contributed by atoms with Crippen molar-refractivity contribution < 1.29 is 4.42 Å². The van der Waals surface area contributed by atoms with Crippen LogP contribution in [0.2, 0.25) is 0 Å². The lowest BCUT2D eigenvalue weighted by Crippen LogP contribution is -2.17. The third-order valence-corrected chi connectivity index (χ3v) is 5.04. The van der Waals surface area contributed by atoms with Crippen LogP contribution in [0, 0.1) is 6.92 Å². The van der Waals surface area contributed by atoms with Gasteiger partial charge in [-0.1, -0.05) is 30.0 Å². The molecule has 2 aromatic heterocycles. The van der Waals surface area contributed by atoms with Gasteiger partial charge in [-0.05, 0) is 37.6 Å². The van der Waals surface area contributed by atoms with Crippen molar-refractivity contribution in [2.45, 2.75) is 17.3 Å². The topological polar surface area (TPSA) is 51.0 Å². The van der Waals surface area contributed by atoms with Gasteiger partial charge in [-0.25, -0.2) is 4.98 Å². The van der Waals surface area contributed by atoms with Crippen molar-refractivity contribution >= 4 is 34.3 Å². The zero-order valence-electron chi connectivity index (χ0n) is 11.3. The van der Waals surface area contributed by atoms with E-state index in [0.717, 1.165) is 32.6 Å². The first kappa shape index (κ1) is 13.6. The SMILES string of the molecule is CNC(CSc1nc(C)ns1)c1cc2ccccc2o1. The molecule has 1 N–H and O–H groups in total. The van der Waals surface area contributed by atoms with E-state index in [0.29, 0.717) is 0 Å². The van der Waals surface area contributed by atoms with Gasteiger partial charge in [0.05, 0.1) is 6.04 Å². The maximum absolute atomic E-state index is 5.91. The van der Waals surface area contributed by atoms with Crippen molar-refractivity contribution in [3.63, 3.8) is 0 Å². The van der Waals surface area contributed by atoms with Gasteiger partial charge in [0.1, 0.15) is 17.2 Å². The summed E-state index contributed by atoms with van der Waals surface area (Å²) in [6.45, 7) is 1.91. The number of hydrogen-bond acceptors (Lipinski definition) is 6. The zero-order chi connectivity index (χ0) is 13.9. The summed E-state index contributed by atoms with van der Waals surface area (Å²) in [6, 6.07) is 10.3. The number of thioether (sulfide) groups is 1. The fourth-order valence-electron chi connectivity index (χ4n) is 1.97. The van der Waals surface area contributed by atoms with Crippen LogP contribution in [0.1, 0.15) is 17.6 Å². The first-order chi connectivity index (χ1) is 9.76. The molecule has 0 fully saturated rings. The number of hydrogen-bond donors (Lipinski definition) is 1. The van der Waals surface area contributed by atoms with Crippen LogP contribution in [0.3, 0.4) is 0 Å². The lowest BCUT2D eigenvalue weighted by Gasteiger charge is -2.11. The van der Waals surface area contributed by atoms with E-state index in [1.54, 1.807) is 11.8 Å². The Bertz CT molecular complexity index is 674. The Morgan fingerprint density at radius 2 is 2.25 bits per heavy atom. The van der Waals surface area contributed by atoms with Crippen molar-refractivity contribution in [1.29, 1.82) is 0 Å². The summed E-state index contributed by atoms with van der Waals surface area (Å²) in [4.78, 5) is 4.37. The Morgan fingerprint density at radius 3 is 2.95 bits per heavy atom. The van der Waals surface area contributed by atoms with Crippen molar-refractivity contribution in [2.24, 2.45) is 0 Å². The fourth-order valence-corrected chi connectivity index (χ4v) is 3.76. The highest BCUT2D eigenvalue weighted by Crippen LogP contribution is 2.29. The molecule has 0 radical (unpaired) electrons. The highest BCUT2D eigenvalue weighted by Gasteiger charge is 2.16. The molecule has 0 aliphatic heterocycles. The molecule has 1 unspecified atom stereocenters. The molecule has 4 nitrogen and oxygen atoms in total. The molecular formula is C14H15N3OS2. The molecule has 2 heterocycles. The van der Waals surface area contributed by atoms with Crippen LogP contribution >= 0.6 is 23.3 Å². The van der Waals surface area contributed by atoms with Gasteiger partial charge in [0.2, 0.25) is 0 Å². The van der Waals surface area contributed by atoms with Crippen molar-refractivity contribution in [3.8, 4) is 0 Å². The highest BCUT2D eigenvalue weighted by molar-refractivity contribution is 8.00. The fraction of sp³-hybridized carbons (Fsp3) is 0.286. The molecule has 20 heavy (non-hydrogen) atoms. The monoisotopic (exact) mass is 305 g/mol. The largest absolute Gasteiger partial charge is 0.459 e. The zero-order valence-corrected chi connectivity index (χ0v) is 12.9. The van der Waals surface area contributed by atoms with E-state index in [1.807, 2.05) is 32.2 Å². The minimum Gasteiger partial charge on any atom is -0.459 e. The van der Waals surface area contributed by atoms with Gasteiger partial charge >= 0.3 is 0 Å². The number of aryl methyl sites for hydroxylation is 1. The van der Waals surface area contributed by atoms with Crippen LogP contribution < -0.4 is 5.32 Å². The average Bonchev–Trinajstić information content (AvgIpc) is 3.05. The van der Waals surface area contributed by atoms with Gasteiger partial charge < -0.3 is 9.73 Å². The van der Waals surface area contributed by atoms with Gasteiger partial charge in [0.15, 0.2) is 4.34 Å². The summed E-state index contributed by atoms with van der Waals surface area (Å²) in [5.41, 5.74) is 0.930. The normalized spacial score (nSPS) is 12.9. The first-order valence-electron chi connectivity index (χ1n) is 6.35. The van der Waals surface area contributed by atoms with Crippen molar-refractivity contribution in [2.75, 3.05) is 12.8 Å². The standard InChI is InChI=1S/C14H15N3OS2/c1-9-16-14(20-17-9)19-8-11(15-2)13-7-10-5-3-4-6-12(10)18-13/h3-7,11,15H,8H2,1-2H3. The molecule has 0 spiro atoms. The quantitative estimate of drug-likeness (QED) is 0.729. The molecule has 6 heteroatoms. The van der Waals surface area contributed by atoms with E-state index in [9.17, 15) is 0 Å². The number of benzene rings is 1. The van der Waals surface area contributed by atoms with Gasteiger partial charge in [0.25, 0.3) is 0 Å². The van der Waals surface area contributed by atoms with Gasteiger partial charge in [-0.3, -0.25) is 0 Å². The number of para-hydroxylation sites is 1. The lowest BCUT2D eigenvalue weighted by molar-refractivity contribution is 0.479. The predicted octanol–water partition coefficient (Wildman–Crippen LogP) is 3.65. The van der Waals surface area contributed by atoms with E-state index < -0.39 is 0 Å². The maximum Gasteiger partial charge on any atom is 0.170 e. The van der Waals surface area contributed by atoms with E-state index in [-0.39, 0.29) is 6.04 Å². The van der Waals surface area contributed by atoms with Gasteiger partial charge in [0, 0.05) is 11.1 Å². The molecule has 0 aliphatic rings. The number of fused-ring (bicyclic) bond motifs is 1. The van der Waals surface area contributed by atoms with Crippen LogP contribution in [-0.4, -0.2) is 22.2 Å². The number of aromatic nitrogens is 2. The van der Waals surface area contributed by atoms with E-state index >= 15 is 0 Å². The second-order valence-corrected chi connectivity index (χ2v) is 6.47. The smallest absolute Gasteiger partial charge is 0.170 e. The number of rotatable bonds is 5. The van der Waals surface area contributed by atoms with Crippen LogP contribution in [-0.2, 0) is 0 Å². The minimum absolute atomic E-state index is 0.164. The van der Waals surface area contributed by atoms with Crippen molar-refractivity contribution in [1.82, 2.24) is 14.7 Å². The lowest BCUT2D eigenvalue weighted by atomic mass is 10.2. The van der Waals surface area contributed by atoms with E-state index in [4.69, 9.17) is 4.42 Å². The number of nitrogens with zero attached hydrogens (tertiary/aromatic N) is 2. The third-order valence-electron chi connectivity index (χ3n) is 3.02. The molecule has 0 amide bonds. The number of nitrogens with one attached hydrogen (secondary N) is 1. The average molecular weight is 305 g/mol. The Hall–Kier alpha value is -1.37. The second-order valence-electron chi connectivity index (χ2n) is 4.45. The number of furan rings is 1. The Kier molecular flexibility index (Phi) is 4.05. The summed E-state index contributed by atoms with van der Waals surface area (Å²) >= 11 is 3.15. The molecule has 1 atom stereocenters. The molecule has 0 bridgehead atoms. The summed E-state index contributed by atoms with van der Waals surface area (Å²) in [6.07, 6.45) is 0. The molecule has 1 aromatic carbocycles. The van der Waals surface area contributed by atoms with E-state index in [2.05, 4.69) is 26.8 Å². The van der Waals surface area contributed by atoms with Crippen LogP contribution in [0.15, 0.2) is 39.1 Å². The first-order valence-corrected chi connectivity index (χ1v) is 8.11. The summed E-state index contributed by atoms with van der Waals surface area (Å²) < 4.78 is 11.1. The molecule has 0 saturated carbocycles. The Labute approximate surface area is 125 Å². The molecule has 0 saturated heterocycles. The van der Waals surface area contributed by atoms with Gasteiger partial charge in [-0.15, -0.1) is 0 Å². The minimum atomic E-state index is 0.164. The summed E-state index contributed by atoms with van der Waals surface area (Å²) in [5.74, 6) is 2.66. The Morgan fingerprint density at radius 1 is 1.40 bits per heavy atom. The highest BCUT2D eigenvalue weighted by atomic mass is 32.2. The summed E-state index contributed by atoms with van der Waals surface area (Å²) in [7, 11) is 1.95. The van der Waals surface area contributed by atoms with Crippen LogP contribution in [0.5, 0.6) is 0 Å². The Balaban J connectivity index is 1.75. The molecule has 0 aliphatic carbocycles. The maximum atomic E-state index is 5.91. The second kappa shape index (κ2) is 5.95. The van der Waals surface area contributed by atoms with Crippen LogP contribution in [0.4, 0.5) is 0 Å². The van der Waals surface area contributed by atoms with Crippen molar-refractivity contribution in [3.05, 3.63) is 41.9 Å².